The third-order valence-corrected chi connectivity index (χ3v) is 3.64. The smallest absolute Gasteiger partial charge is 0.237 e. The Morgan fingerprint density at radius 1 is 1.53 bits per heavy atom. The first kappa shape index (κ1) is 18.2. The number of hydrogen-bond acceptors (Lipinski definition) is 3. The molecule has 0 saturated carbocycles. The number of halogens is 1. The molecule has 0 spiro atoms. The van der Waals surface area contributed by atoms with E-state index in [4.69, 9.17) is 5.73 Å². The van der Waals surface area contributed by atoms with Gasteiger partial charge in [0, 0.05) is 26.1 Å². The highest BCUT2D eigenvalue weighted by Gasteiger charge is 2.20. The Morgan fingerprint density at radius 2 is 2.21 bits per heavy atom. The summed E-state index contributed by atoms with van der Waals surface area (Å²) in [7, 11) is 0. The maximum absolute atomic E-state index is 11.7. The molecule has 1 fully saturated rings. The molecule has 1 saturated heterocycles. The van der Waals surface area contributed by atoms with Gasteiger partial charge in [-0.15, -0.1) is 12.4 Å². The van der Waals surface area contributed by atoms with E-state index in [1.54, 1.807) is 0 Å². The summed E-state index contributed by atoms with van der Waals surface area (Å²) in [6.07, 6.45) is 3.33. The van der Waals surface area contributed by atoms with Crippen LogP contribution in [0.25, 0.3) is 0 Å². The number of hydrogen-bond donors (Lipinski definition) is 2. The number of nitrogens with two attached hydrogens (primary N) is 1. The average Bonchev–Trinajstić information content (AvgIpc) is 2.78. The van der Waals surface area contributed by atoms with Crippen LogP contribution in [0.1, 0.15) is 39.5 Å². The van der Waals surface area contributed by atoms with Gasteiger partial charge in [0.25, 0.3) is 0 Å². The molecule has 1 aliphatic rings. The first-order valence-corrected chi connectivity index (χ1v) is 6.87. The first-order valence-electron chi connectivity index (χ1n) is 6.87. The lowest BCUT2D eigenvalue weighted by Gasteiger charge is -2.19. The molecule has 2 unspecified atom stereocenters. The van der Waals surface area contributed by atoms with E-state index in [0.717, 1.165) is 32.4 Å². The zero-order valence-electron chi connectivity index (χ0n) is 11.9. The van der Waals surface area contributed by atoms with Crippen LogP contribution in [0.15, 0.2) is 0 Å². The normalized spacial score (nSPS) is 17.8. The van der Waals surface area contributed by atoms with Crippen LogP contribution in [0.4, 0.5) is 0 Å². The summed E-state index contributed by atoms with van der Waals surface area (Å²) in [6.45, 7) is 6.19. The predicted octanol–water partition coefficient (Wildman–Crippen LogP) is 0.910. The lowest BCUT2D eigenvalue weighted by molar-refractivity contribution is -0.127. The average molecular weight is 292 g/mol. The minimum Gasteiger partial charge on any atom is -0.355 e. The second-order valence-corrected chi connectivity index (χ2v) is 5.04. The van der Waals surface area contributed by atoms with Crippen molar-refractivity contribution in [1.82, 2.24) is 10.2 Å². The van der Waals surface area contributed by atoms with Gasteiger partial charge in [-0.3, -0.25) is 9.59 Å². The summed E-state index contributed by atoms with van der Waals surface area (Å²) in [5.74, 6) is 0.347. The van der Waals surface area contributed by atoms with Crippen LogP contribution in [-0.2, 0) is 9.59 Å². The largest absolute Gasteiger partial charge is 0.355 e. The molecule has 2 atom stereocenters. The van der Waals surface area contributed by atoms with Crippen molar-refractivity contribution in [3.05, 3.63) is 0 Å². The van der Waals surface area contributed by atoms with Crippen molar-refractivity contribution < 1.29 is 9.59 Å². The van der Waals surface area contributed by atoms with E-state index < -0.39 is 6.04 Å². The molecule has 1 rings (SSSR count). The second-order valence-electron chi connectivity index (χ2n) is 5.04. The van der Waals surface area contributed by atoms with Gasteiger partial charge in [-0.25, -0.2) is 0 Å². The van der Waals surface area contributed by atoms with Gasteiger partial charge in [0.05, 0.1) is 6.04 Å². The number of nitrogens with zero attached hydrogens (tertiary/aromatic N) is 1. The topological polar surface area (TPSA) is 75.4 Å². The fourth-order valence-electron chi connectivity index (χ4n) is 2.05. The minimum atomic E-state index is -0.427. The van der Waals surface area contributed by atoms with Gasteiger partial charge in [0.15, 0.2) is 0 Å². The Hall–Kier alpha value is -0.810. The van der Waals surface area contributed by atoms with Crippen molar-refractivity contribution in [2.75, 3.05) is 19.6 Å². The molecule has 19 heavy (non-hydrogen) atoms. The fraction of sp³-hybridized carbons (Fsp3) is 0.846. The zero-order chi connectivity index (χ0) is 13.5. The molecule has 6 heteroatoms. The standard InChI is InChI=1S/C13H25N3O2.ClH/c1-3-10(2)12(14)13(18)15-7-5-9-16-8-4-6-11(16)17;/h10,12H,3-9,14H2,1-2H3,(H,15,18);1H. The third kappa shape index (κ3) is 5.78. The van der Waals surface area contributed by atoms with Crippen LogP contribution in [0, 0.1) is 5.92 Å². The van der Waals surface area contributed by atoms with Crippen LogP contribution in [0.3, 0.4) is 0 Å². The van der Waals surface area contributed by atoms with Gasteiger partial charge in [-0.1, -0.05) is 20.3 Å². The van der Waals surface area contributed by atoms with Crippen molar-refractivity contribution in [2.45, 2.75) is 45.6 Å². The molecule has 0 bridgehead atoms. The van der Waals surface area contributed by atoms with E-state index in [1.165, 1.54) is 0 Å². The van der Waals surface area contributed by atoms with E-state index in [2.05, 4.69) is 5.32 Å². The Morgan fingerprint density at radius 3 is 2.74 bits per heavy atom. The SMILES string of the molecule is CCC(C)C(N)C(=O)NCCCN1CCCC1=O.Cl. The molecule has 112 valence electrons. The minimum absolute atomic E-state index is 0. The van der Waals surface area contributed by atoms with E-state index >= 15 is 0 Å². The summed E-state index contributed by atoms with van der Waals surface area (Å²) in [5.41, 5.74) is 5.82. The summed E-state index contributed by atoms with van der Waals surface area (Å²) >= 11 is 0. The summed E-state index contributed by atoms with van der Waals surface area (Å²) in [6, 6.07) is -0.427. The molecule has 5 nitrogen and oxygen atoms in total. The fourth-order valence-corrected chi connectivity index (χ4v) is 2.05. The highest BCUT2D eigenvalue weighted by atomic mass is 35.5. The third-order valence-electron chi connectivity index (χ3n) is 3.64. The lowest BCUT2D eigenvalue weighted by atomic mass is 9.99. The molecule has 1 heterocycles. The molecule has 3 N–H and O–H groups in total. The van der Waals surface area contributed by atoms with E-state index in [-0.39, 0.29) is 30.1 Å². The summed E-state index contributed by atoms with van der Waals surface area (Å²) in [5, 5.41) is 2.83. The van der Waals surface area contributed by atoms with Gasteiger partial charge >= 0.3 is 0 Å². The summed E-state index contributed by atoms with van der Waals surface area (Å²) in [4.78, 5) is 24.9. The first-order chi connectivity index (χ1) is 8.56. The van der Waals surface area contributed by atoms with Crippen LogP contribution < -0.4 is 11.1 Å². The molecule has 0 aromatic heterocycles. The van der Waals surface area contributed by atoms with Gasteiger partial charge in [-0.2, -0.15) is 0 Å². The molecule has 0 aromatic rings. The van der Waals surface area contributed by atoms with E-state index in [0.29, 0.717) is 13.0 Å². The van der Waals surface area contributed by atoms with Crippen molar-refractivity contribution >= 4 is 24.2 Å². The number of amides is 2. The van der Waals surface area contributed by atoms with Crippen molar-refractivity contribution in [3.63, 3.8) is 0 Å². The predicted molar refractivity (Wildman–Crippen MR) is 78.1 cm³/mol. The highest BCUT2D eigenvalue weighted by Crippen LogP contribution is 2.09. The molecule has 1 aliphatic heterocycles. The maximum Gasteiger partial charge on any atom is 0.237 e. The van der Waals surface area contributed by atoms with E-state index in [9.17, 15) is 9.59 Å². The van der Waals surface area contributed by atoms with Gasteiger partial charge < -0.3 is 16.0 Å². The number of likely N-dealkylation sites (tertiary alicyclic amines) is 1. The molecule has 0 aliphatic carbocycles. The second kappa shape index (κ2) is 9.15. The zero-order valence-corrected chi connectivity index (χ0v) is 12.7. The Bertz CT molecular complexity index is 300. The quantitative estimate of drug-likeness (QED) is 0.685. The van der Waals surface area contributed by atoms with Gasteiger partial charge in [0.2, 0.25) is 11.8 Å². The van der Waals surface area contributed by atoms with E-state index in [1.807, 2.05) is 18.7 Å². The van der Waals surface area contributed by atoms with Crippen LogP contribution >= 0.6 is 12.4 Å². The lowest BCUT2D eigenvalue weighted by Crippen LogP contribution is -2.45. The van der Waals surface area contributed by atoms with Crippen molar-refractivity contribution in [1.29, 1.82) is 0 Å². The summed E-state index contributed by atoms with van der Waals surface area (Å²) < 4.78 is 0. The number of nitrogens with one attached hydrogen (secondary N) is 1. The van der Waals surface area contributed by atoms with Gasteiger partial charge in [-0.05, 0) is 18.8 Å². The molecule has 2 amide bonds. The van der Waals surface area contributed by atoms with Crippen LogP contribution in [-0.4, -0.2) is 42.4 Å². The molecule has 0 radical (unpaired) electrons. The Balaban J connectivity index is 0.00000324. The van der Waals surface area contributed by atoms with Crippen LogP contribution in [0.2, 0.25) is 0 Å². The maximum atomic E-state index is 11.7. The Labute approximate surface area is 121 Å². The van der Waals surface area contributed by atoms with Crippen molar-refractivity contribution in [2.24, 2.45) is 11.7 Å². The number of carbonyl (C=O) groups excluding carboxylic acids is 2. The number of carbonyl (C=O) groups is 2. The molecular formula is C13H26ClN3O2. The van der Waals surface area contributed by atoms with Gasteiger partial charge in [0.1, 0.15) is 0 Å². The van der Waals surface area contributed by atoms with Crippen LogP contribution in [0.5, 0.6) is 0 Å². The highest BCUT2D eigenvalue weighted by molar-refractivity contribution is 5.85. The molecular weight excluding hydrogens is 266 g/mol. The number of rotatable bonds is 7. The van der Waals surface area contributed by atoms with Crippen molar-refractivity contribution in [3.8, 4) is 0 Å². The monoisotopic (exact) mass is 291 g/mol. The Kier molecular flexibility index (Phi) is 8.76. The molecule has 0 aromatic carbocycles.